The van der Waals surface area contributed by atoms with Crippen LogP contribution in [0.25, 0.3) is 0 Å². The van der Waals surface area contributed by atoms with E-state index in [-0.39, 0.29) is 30.7 Å². The molecule has 2 aromatic rings. The molecule has 2 aromatic carbocycles. The third-order valence-corrected chi connectivity index (χ3v) is 5.16. The maximum absolute atomic E-state index is 12.3. The maximum atomic E-state index is 12.3. The first kappa shape index (κ1) is 22.2. The van der Waals surface area contributed by atoms with Gasteiger partial charge in [0.1, 0.15) is 0 Å². The van der Waals surface area contributed by atoms with Crippen LogP contribution in [0.5, 0.6) is 0 Å². The molecule has 0 bridgehead atoms. The SMILES string of the molecule is Cc1ccc(NC(=O)COC(=O)CCCCCN2C(=O)c3ccccc3C2=O)c(C)c1. The summed E-state index contributed by atoms with van der Waals surface area (Å²) in [5.41, 5.74) is 3.62. The van der Waals surface area contributed by atoms with Gasteiger partial charge in [-0.25, -0.2) is 0 Å². The minimum atomic E-state index is -0.448. The molecular weight excluding hydrogens is 396 g/mol. The summed E-state index contributed by atoms with van der Waals surface area (Å²) in [7, 11) is 0. The van der Waals surface area contributed by atoms with Crippen LogP contribution < -0.4 is 5.32 Å². The van der Waals surface area contributed by atoms with Crippen molar-refractivity contribution in [1.29, 1.82) is 0 Å². The van der Waals surface area contributed by atoms with Gasteiger partial charge in [0.2, 0.25) is 0 Å². The molecule has 162 valence electrons. The van der Waals surface area contributed by atoms with Gasteiger partial charge in [-0.3, -0.25) is 24.1 Å². The molecule has 1 aliphatic rings. The van der Waals surface area contributed by atoms with Crippen molar-refractivity contribution in [1.82, 2.24) is 4.90 Å². The fourth-order valence-electron chi connectivity index (χ4n) is 3.52. The lowest BCUT2D eigenvalue weighted by Crippen LogP contribution is -2.30. The Morgan fingerprint density at radius 1 is 0.935 bits per heavy atom. The van der Waals surface area contributed by atoms with Crippen molar-refractivity contribution in [2.75, 3.05) is 18.5 Å². The smallest absolute Gasteiger partial charge is 0.306 e. The fraction of sp³-hybridized carbons (Fsp3) is 0.333. The number of imide groups is 1. The highest BCUT2D eigenvalue weighted by atomic mass is 16.5. The van der Waals surface area contributed by atoms with E-state index in [1.54, 1.807) is 24.3 Å². The van der Waals surface area contributed by atoms with Gasteiger partial charge in [0.15, 0.2) is 6.61 Å². The van der Waals surface area contributed by atoms with Crippen molar-refractivity contribution in [2.24, 2.45) is 0 Å². The van der Waals surface area contributed by atoms with Crippen LogP contribution >= 0.6 is 0 Å². The van der Waals surface area contributed by atoms with Gasteiger partial charge in [-0.15, -0.1) is 0 Å². The lowest BCUT2D eigenvalue weighted by Gasteiger charge is -2.13. The van der Waals surface area contributed by atoms with Crippen LogP contribution in [0.3, 0.4) is 0 Å². The van der Waals surface area contributed by atoms with E-state index in [2.05, 4.69) is 5.32 Å². The van der Waals surface area contributed by atoms with E-state index in [1.165, 1.54) is 4.90 Å². The molecule has 0 saturated carbocycles. The van der Waals surface area contributed by atoms with Crippen molar-refractivity contribution in [3.8, 4) is 0 Å². The Morgan fingerprint density at radius 2 is 1.61 bits per heavy atom. The van der Waals surface area contributed by atoms with Crippen LogP contribution in [-0.4, -0.2) is 41.7 Å². The molecule has 0 saturated heterocycles. The van der Waals surface area contributed by atoms with Crippen molar-refractivity contribution in [3.05, 3.63) is 64.7 Å². The topological polar surface area (TPSA) is 92.8 Å². The number of benzene rings is 2. The first-order chi connectivity index (χ1) is 14.9. The first-order valence-electron chi connectivity index (χ1n) is 10.3. The highest BCUT2D eigenvalue weighted by molar-refractivity contribution is 6.21. The highest BCUT2D eigenvalue weighted by Gasteiger charge is 2.34. The first-order valence-corrected chi connectivity index (χ1v) is 10.3. The van der Waals surface area contributed by atoms with Crippen LogP contribution in [0.1, 0.15) is 57.5 Å². The van der Waals surface area contributed by atoms with Crippen LogP contribution in [0.4, 0.5) is 5.69 Å². The standard InChI is InChI=1S/C24H26N2O5/c1-16-11-12-20(17(2)14-16)25-21(27)15-31-22(28)10-4-3-7-13-26-23(29)18-8-5-6-9-19(18)24(26)30/h5-6,8-9,11-12,14H,3-4,7,10,13,15H2,1-2H3,(H,25,27). The normalized spacial score (nSPS) is 12.6. The van der Waals surface area contributed by atoms with Crippen molar-refractivity contribution in [2.45, 2.75) is 39.5 Å². The van der Waals surface area contributed by atoms with Crippen LogP contribution in [0.15, 0.2) is 42.5 Å². The molecule has 0 aromatic heterocycles. The number of ether oxygens (including phenoxy) is 1. The average molecular weight is 422 g/mol. The fourth-order valence-corrected chi connectivity index (χ4v) is 3.52. The summed E-state index contributed by atoms with van der Waals surface area (Å²) in [6.45, 7) is 3.86. The number of carbonyl (C=O) groups excluding carboxylic acids is 4. The summed E-state index contributed by atoms with van der Waals surface area (Å²) >= 11 is 0. The molecule has 3 rings (SSSR count). The number of hydrogen-bond donors (Lipinski definition) is 1. The largest absolute Gasteiger partial charge is 0.456 e. The van der Waals surface area contributed by atoms with Gasteiger partial charge in [0.25, 0.3) is 17.7 Å². The summed E-state index contributed by atoms with van der Waals surface area (Å²) in [5.74, 6) is -1.37. The quantitative estimate of drug-likeness (QED) is 0.378. The van der Waals surface area contributed by atoms with Gasteiger partial charge in [-0.05, 0) is 50.5 Å². The maximum Gasteiger partial charge on any atom is 0.306 e. The summed E-state index contributed by atoms with van der Waals surface area (Å²) in [6, 6.07) is 12.5. The predicted octanol–water partition coefficient (Wildman–Crippen LogP) is 3.64. The van der Waals surface area contributed by atoms with E-state index < -0.39 is 5.97 Å². The van der Waals surface area contributed by atoms with E-state index in [0.29, 0.717) is 42.6 Å². The molecule has 1 N–H and O–H groups in total. The molecule has 7 nitrogen and oxygen atoms in total. The van der Waals surface area contributed by atoms with Gasteiger partial charge in [0.05, 0.1) is 11.1 Å². The molecule has 0 fully saturated rings. The number of aryl methyl sites for hydroxylation is 2. The van der Waals surface area contributed by atoms with Gasteiger partial charge in [-0.1, -0.05) is 36.2 Å². The summed E-state index contributed by atoms with van der Waals surface area (Å²) < 4.78 is 5.03. The highest BCUT2D eigenvalue weighted by Crippen LogP contribution is 2.23. The summed E-state index contributed by atoms with van der Waals surface area (Å²) in [6.07, 6.45) is 2.00. The summed E-state index contributed by atoms with van der Waals surface area (Å²) in [5, 5.41) is 2.73. The number of carbonyl (C=O) groups is 4. The Balaban J connectivity index is 1.31. The van der Waals surface area contributed by atoms with Crippen molar-refractivity contribution < 1.29 is 23.9 Å². The molecule has 1 aliphatic heterocycles. The lowest BCUT2D eigenvalue weighted by atomic mass is 10.1. The van der Waals surface area contributed by atoms with E-state index in [9.17, 15) is 19.2 Å². The number of nitrogens with zero attached hydrogens (tertiary/aromatic N) is 1. The van der Waals surface area contributed by atoms with E-state index in [4.69, 9.17) is 4.74 Å². The zero-order valence-electron chi connectivity index (χ0n) is 17.8. The third kappa shape index (κ3) is 5.57. The predicted molar refractivity (Wildman–Crippen MR) is 116 cm³/mol. The number of rotatable bonds is 9. The lowest BCUT2D eigenvalue weighted by molar-refractivity contribution is -0.147. The third-order valence-electron chi connectivity index (χ3n) is 5.16. The van der Waals surface area contributed by atoms with E-state index >= 15 is 0 Å². The number of esters is 1. The Kier molecular flexibility index (Phi) is 7.18. The Morgan fingerprint density at radius 3 is 2.26 bits per heavy atom. The van der Waals surface area contributed by atoms with E-state index in [0.717, 1.165) is 11.1 Å². The number of fused-ring (bicyclic) bond motifs is 1. The molecule has 1 heterocycles. The molecule has 0 atom stereocenters. The number of unbranched alkanes of at least 4 members (excludes halogenated alkanes) is 2. The van der Waals surface area contributed by atoms with Gasteiger partial charge < -0.3 is 10.1 Å². The Hall–Kier alpha value is -3.48. The second-order valence-electron chi connectivity index (χ2n) is 7.65. The molecule has 0 spiro atoms. The molecule has 0 aliphatic carbocycles. The van der Waals surface area contributed by atoms with Gasteiger partial charge in [-0.2, -0.15) is 0 Å². The zero-order chi connectivity index (χ0) is 22.4. The monoisotopic (exact) mass is 422 g/mol. The Labute approximate surface area is 181 Å². The minimum Gasteiger partial charge on any atom is -0.456 e. The Bertz CT molecular complexity index is 980. The zero-order valence-corrected chi connectivity index (χ0v) is 17.8. The van der Waals surface area contributed by atoms with Crippen LogP contribution in [0.2, 0.25) is 0 Å². The molecule has 7 heteroatoms. The van der Waals surface area contributed by atoms with Crippen molar-refractivity contribution >= 4 is 29.4 Å². The molecule has 3 amide bonds. The number of hydrogen-bond acceptors (Lipinski definition) is 5. The summed E-state index contributed by atoms with van der Waals surface area (Å²) in [4.78, 5) is 49.7. The average Bonchev–Trinajstić information content (AvgIpc) is 2.99. The minimum absolute atomic E-state index is 0.180. The molecule has 31 heavy (non-hydrogen) atoms. The molecular formula is C24H26N2O5. The van der Waals surface area contributed by atoms with Crippen LogP contribution in [0, 0.1) is 13.8 Å². The number of amides is 3. The van der Waals surface area contributed by atoms with Crippen LogP contribution in [-0.2, 0) is 14.3 Å². The van der Waals surface area contributed by atoms with Gasteiger partial charge in [0, 0.05) is 18.7 Å². The molecule has 0 unspecified atom stereocenters. The van der Waals surface area contributed by atoms with E-state index in [1.807, 2.05) is 32.0 Å². The number of anilines is 1. The van der Waals surface area contributed by atoms with Gasteiger partial charge >= 0.3 is 5.97 Å². The second kappa shape index (κ2) is 10.0. The second-order valence-corrected chi connectivity index (χ2v) is 7.65. The molecule has 0 radical (unpaired) electrons. The van der Waals surface area contributed by atoms with Crippen molar-refractivity contribution in [3.63, 3.8) is 0 Å². The number of nitrogens with one attached hydrogen (secondary N) is 1.